The van der Waals surface area contributed by atoms with Crippen molar-refractivity contribution in [3.8, 4) is 0 Å². The molecule has 27 heavy (non-hydrogen) atoms. The Bertz CT molecular complexity index is 796. The van der Waals surface area contributed by atoms with Crippen molar-refractivity contribution in [1.82, 2.24) is 24.5 Å². The molecule has 0 atom stereocenters. The van der Waals surface area contributed by atoms with Crippen LogP contribution in [0, 0.1) is 6.92 Å². The molecule has 8 heteroatoms. The molecule has 8 nitrogen and oxygen atoms in total. The monoisotopic (exact) mass is 373 g/mol. The summed E-state index contributed by atoms with van der Waals surface area (Å²) in [7, 11) is 1.65. The lowest BCUT2D eigenvalue weighted by molar-refractivity contribution is -0.122. The van der Waals surface area contributed by atoms with Gasteiger partial charge < -0.3 is 19.4 Å². The second-order valence-corrected chi connectivity index (χ2v) is 6.86. The first kappa shape index (κ1) is 19.3. The third kappa shape index (κ3) is 5.05. The van der Waals surface area contributed by atoms with Gasteiger partial charge in [0, 0.05) is 58.8 Å². The van der Waals surface area contributed by atoms with E-state index in [2.05, 4.69) is 15.2 Å². The van der Waals surface area contributed by atoms with Gasteiger partial charge in [0.1, 0.15) is 11.3 Å². The number of hydrogen-bond donors (Lipinski definition) is 1. The fourth-order valence-electron chi connectivity index (χ4n) is 3.16. The molecule has 1 N–H and O–H groups in total. The van der Waals surface area contributed by atoms with Crippen molar-refractivity contribution in [3.63, 3.8) is 0 Å². The molecule has 146 valence electrons. The van der Waals surface area contributed by atoms with Crippen LogP contribution in [0.5, 0.6) is 0 Å². The van der Waals surface area contributed by atoms with Crippen LogP contribution in [0.25, 0.3) is 5.65 Å². The molecule has 0 saturated carbocycles. The van der Waals surface area contributed by atoms with E-state index in [4.69, 9.17) is 4.74 Å². The molecule has 2 aromatic heterocycles. The van der Waals surface area contributed by atoms with E-state index in [-0.39, 0.29) is 11.8 Å². The van der Waals surface area contributed by atoms with Crippen molar-refractivity contribution in [2.45, 2.75) is 13.3 Å². The van der Waals surface area contributed by atoms with E-state index >= 15 is 0 Å². The Kier molecular flexibility index (Phi) is 6.41. The summed E-state index contributed by atoms with van der Waals surface area (Å²) in [5, 5.41) is 2.89. The number of carbonyl (C=O) groups is 2. The molecule has 0 aliphatic carbocycles. The molecule has 0 spiro atoms. The Balaban J connectivity index is 1.48. The van der Waals surface area contributed by atoms with Crippen molar-refractivity contribution in [2.24, 2.45) is 0 Å². The van der Waals surface area contributed by atoms with Crippen LogP contribution in [0.15, 0.2) is 24.5 Å². The molecule has 0 radical (unpaired) electrons. The van der Waals surface area contributed by atoms with Crippen molar-refractivity contribution in [1.29, 1.82) is 0 Å². The van der Waals surface area contributed by atoms with E-state index in [9.17, 15) is 9.59 Å². The summed E-state index contributed by atoms with van der Waals surface area (Å²) in [4.78, 5) is 33.0. The minimum atomic E-state index is -0.0555. The number of nitrogens with zero attached hydrogens (tertiary/aromatic N) is 4. The highest BCUT2D eigenvalue weighted by Gasteiger charge is 2.24. The summed E-state index contributed by atoms with van der Waals surface area (Å²) >= 11 is 0. The van der Waals surface area contributed by atoms with E-state index in [0.717, 1.165) is 17.6 Å². The van der Waals surface area contributed by atoms with Gasteiger partial charge in [-0.1, -0.05) is 0 Å². The van der Waals surface area contributed by atoms with Gasteiger partial charge in [-0.15, -0.1) is 0 Å². The van der Waals surface area contributed by atoms with Gasteiger partial charge in [0.15, 0.2) is 0 Å². The fourth-order valence-corrected chi connectivity index (χ4v) is 3.16. The van der Waals surface area contributed by atoms with Gasteiger partial charge in [0.25, 0.3) is 5.91 Å². The maximum Gasteiger partial charge on any atom is 0.274 e. The SMILES string of the molecule is COCCCNC(=O)CN1CCN(C(=O)c2cn3ccc(C)cc3n2)CC1. The molecule has 1 aliphatic heterocycles. The highest BCUT2D eigenvalue weighted by atomic mass is 16.5. The average molecular weight is 373 g/mol. The minimum Gasteiger partial charge on any atom is -0.385 e. The summed E-state index contributed by atoms with van der Waals surface area (Å²) in [5.41, 5.74) is 2.35. The number of amides is 2. The normalized spacial score (nSPS) is 15.3. The Morgan fingerprint density at radius 3 is 2.78 bits per heavy atom. The number of ether oxygens (including phenoxy) is 1. The first-order valence-electron chi connectivity index (χ1n) is 9.29. The van der Waals surface area contributed by atoms with E-state index < -0.39 is 0 Å². The van der Waals surface area contributed by atoms with E-state index in [1.165, 1.54) is 0 Å². The van der Waals surface area contributed by atoms with E-state index in [1.54, 1.807) is 13.3 Å². The van der Waals surface area contributed by atoms with Crippen molar-refractivity contribution in [2.75, 3.05) is 53.0 Å². The van der Waals surface area contributed by atoms with Crippen molar-refractivity contribution in [3.05, 3.63) is 35.8 Å². The van der Waals surface area contributed by atoms with Crippen LogP contribution in [0.2, 0.25) is 0 Å². The number of hydrogen-bond acceptors (Lipinski definition) is 5. The summed E-state index contributed by atoms with van der Waals surface area (Å²) in [6.07, 6.45) is 4.50. The number of aromatic nitrogens is 2. The number of imidazole rings is 1. The number of methoxy groups -OCH3 is 1. The van der Waals surface area contributed by atoms with E-state index in [0.29, 0.717) is 51.6 Å². The molecule has 2 amide bonds. The Morgan fingerprint density at radius 2 is 2.04 bits per heavy atom. The molecule has 3 heterocycles. The average Bonchev–Trinajstić information content (AvgIpc) is 3.08. The zero-order chi connectivity index (χ0) is 19.2. The second-order valence-electron chi connectivity index (χ2n) is 6.86. The smallest absolute Gasteiger partial charge is 0.274 e. The molecule has 2 aromatic rings. The molecule has 0 unspecified atom stereocenters. The zero-order valence-corrected chi connectivity index (χ0v) is 16.0. The van der Waals surface area contributed by atoms with Crippen molar-refractivity contribution < 1.29 is 14.3 Å². The molecule has 0 aromatic carbocycles. The largest absolute Gasteiger partial charge is 0.385 e. The van der Waals surface area contributed by atoms with Gasteiger partial charge >= 0.3 is 0 Å². The van der Waals surface area contributed by atoms with Crippen LogP contribution in [-0.4, -0.2) is 84.0 Å². The third-order valence-corrected chi connectivity index (χ3v) is 4.71. The van der Waals surface area contributed by atoms with Crippen LogP contribution < -0.4 is 5.32 Å². The highest BCUT2D eigenvalue weighted by molar-refractivity contribution is 5.93. The molecular formula is C19H27N5O3. The second kappa shape index (κ2) is 8.96. The van der Waals surface area contributed by atoms with Crippen LogP contribution >= 0.6 is 0 Å². The number of pyridine rings is 1. The van der Waals surface area contributed by atoms with Crippen LogP contribution in [0.3, 0.4) is 0 Å². The van der Waals surface area contributed by atoms with Gasteiger partial charge in [-0.25, -0.2) is 4.98 Å². The summed E-state index contributed by atoms with van der Waals surface area (Å²) in [6, 6.07) is 3.95. The first-order chi connectivity index (χ1) is 13.1. The lowest BCUT2D eigenvalue weighted by Crippen LogP contribution is -2.51. The molecule has 1 saturated heterocycles. The Morgan fingerprint density at radius 1 is 1.26 bits per heavy atom. The molecule has 3 rings (SSSR count). The first-order valence-corrected chi connectivity index (χ1v) is 9.29. The lowest BCUT2D eigenvalue weighted by Gasteiger charge is -2.33. The zero-order valence-electron chi connectivity index (χ0n) is 16.0. The maximum atomic E-state index is 12.7. The molecule has 1 fully saturated rings. The van der Waals surface area contributed by atoms with Crippen LogP contribution in [-0.2, 0) is 9.53 Å². The number of aryl methyl sites for hydroxylation is 1. The highest BCUT2D eigenvalue weighted by Crippen LogP contribution is 2.11. The minimum absolute atomic E-state index is 0.0154. The molecule has 1 aliphatic rings. The van der Waals surface area contributed by atoms with Crippen LogP contribution in [0.4, 0.5) is 0 Å². The van der Waals surface area contributed by atoms with E-state index in [1.807, 2.05) is 34.6 Å². The summed E-state index contributed by atoms with van der Waals surface area (Å²) in [6.45, 7) is 6.20. The third-order valence-electron chi connectivity index (χ3n) is 4.71. The molecular weight excluding hydrogens is 346 g/mol. The van der Waals surface area contributed by atoms with Gasteiger partial charge in [0.05, 0.1) is 6.54 Å². The number of rotatable bonds is 7. The van der Waals surface area contributed by atoms with Gasteiger partial charge in [0.2, 0.25) is 5.91 Å². The quantitative estimate of drug-likeness (QED) is 0.717. The molecule has 0 bridgehead atoms. The number of fused-ring (bicyclic) bond motifs is 1. The van der Waals surface area contributed by atoms with Crippen LogP contribution in [0.1, 0.15) is 22.5 Å². The summed E-state index contributed by atoms with van der Waals surface area (Å²) in [5.74, 6) is -0.0402. The van der Waals surface area contributed by atoms with Gasteiger partial charge in [-0.3, -0.25) is 14.5 Å². The maximum absolute atomic E-state index is 12.7. The number of piperazine rings is 1. The van der Waals surface area contributed by atoms with Gasteiger partial charge in [-0.2, -0.15) is 0 Å². The fraction of sp³-hybridized carbons (Fsp3) is 0.526. The topological polar surface area (TPSA) is 79.2 Å². The number of nitrogens with one attached hydrogen (secondary N) is 1. The number of carbonyl (C=O) groups excluding carboxylic acids is 2. The Labute approximate surface area is 159 Å². The predicted molar refractivity (Wildman–Crippen MR) is 102 cm³/mol. The predicted octanol–water partition coefficient (Wildman–Crippen LogP) is 0.553. The van der Waals surface area contributed by atoms with Crippen molar-refractivity contribution >= 4 is 17.5 Å². The summed E-state index contributed by atoms with van der Waals surface area (Å²) < 4.78 is 6.83. The lowest BCUT2D eigenvalue weighted by atomic mass is 10.3. The standard InChI is InChI=1S/C19H27N5O3/c1-15-4-6-24-13-16(21-17(24)12-15)19(26)23-9-7-22(8-10-23)14-18(25)20-5-3-11-27-2/h4,6,12-13H,3,5,7-11,14H2,1-2H3,(H,20,25). The Hall–Kier alpha value is -2.45. The van der Waals surface area contributed by atoms with Gasteiger partial charge in [-0.05, 0) is 31.0 Å².